The number of aryl methyl sites for hydroxylation is 1. The van der Waals surface area contributed by atoms with E-state index in [2.05, 4.69) is 36.5 Å². The summed E-state index contributed by atoms with van der Waals surface area (Å²) in [7, 11) is 0. The van der Waals surface area contributed by atoms with Gasteiger partial charge >= 0.3 is 5.97 Å². The summed E-state index contributed by atoms with van der Waals surface area (Å²) < 4.78 is 0. The molecule has 1 fully saturated rings. The van der Waals surface area contributed by atoms with Crippen molar-refractivity contribution in [3.05, 3.63) is 35.4 Å². The number of rotatable bonds is 6. The van der Waals surface area contributed by atoms with Crippen LogP contribution in [0, 0.1) is 12.3 Å². The maximum Gasteiger partial charge on any atom is 0.310 e. The van der Waals surface area contributed by atoms with Crippen LogP contribution in [-0.2, 0) is 11.2 Å². The van der Waals surface area contributed by atoms with Gasteiger partial charge in [0.2, 0.25) is 0 Å². The summed E-state index contributed by atoms with van der Waals surface area (Å²) in [6.45, 7) is 3.53. The summed E-state index contributed by atoms with van der Waals surface area (Å²) in [4.78, 5) is 11.2. The summed E-state index contributed by atoms with van der Waals surface area (Å²) in [5.41, 5.74) is 2.09. The Labute approximate surface area is 108 Å². The van der Waals surface area contributed by atoms with E-state index >= 15 is 0 Å². The fourth-order valence-electron chi connectivity index (χ4n) is 2.38. The lowest BCUT2D eigenvalue weighted by Crippen LogP contribution is -2.46. The van der Waals surface area contributed by atoms with Gasteiger partial charge in [-0.25, -0.2) is 0 Å². The molecule has 0 amide bonds. The first kappa shape index (κ1) is 13.1. The Balaban J connectivity index is 1.73. The third-order valence-corrected chi connectivity index (χ3v) is 3.94. The van der Waals surface area contributed by atoms with Crippen molar-refractivity contribution in [3.63, 3.8) is 0 Å². The van der Waals surface area contributed by atoms with E-state index in [0.29, 0.717) is 6.54 Å². The summed E-state index contributed by atoms with van der Waals surface area (Å²) in [6.07, 6.45) is 3.64. The van der Waals surface area contributed by atoms with E-state index in [1.807, 2.05) is 0 Å². The lowest BCUT2D eigenvalue weighted by atomic mass is 9.69. The number of hydrogen-bond acceptors (Lipinski definition) is 2. The Morgan fingerprint density at radius 1 is 1.33 bits per heavy atom. The SMILES string of the molecule is Cc1ccc(CCNCC2(C(=O)O)CCC2)cc1. The summed E-state index contributed by atoms with van der Waals surface area (Å²) in [5.74, 6) is -0.642. The quantitative estimate of drug-likeness (QED) is 0.759. The van der Waals surface area contributed by atoms with Gasteiger partial charge in [-0.1, -0.05) is 36.2 Å². The van der Waals surface area contributed by atoms with Gasteiger partial charge in [-0.05, 0) is 38.3 Å². The van der Waals surface area contributed by atoms with Crippen molar-refractivity contribution in [2.45, 2.75) is 32.6 Å². The van der Waals surface area contributed by atoms with Gasteiger partial charge in [0.1, 0.15) is 0 Å². The summed E-state index contributed by atoms with van der Waals surface area (Å²) in [6, 6.07) is 8.49. The average molecular weight is 247 g/mol. The number of aliphatic carboxylic acids is 1. The van der Waals surface area contributed by atoms with Crippen molar-refractivity contribution < 1.29 is 9.90 Å². The first-order chi connectivity index (χ1) is 8.62. The van der Waals surface area contributed by atoms with Gasteiger partial charge in [-0.2, -0.15) is 0 Å². The van der Waals surface area contributed by atoms with E-state index in [1.54, 1.807) is 0 Å². The molecule has 98 valence electrons. The molecule has 18 heavy (non-hydrogen) atoms. The Bertz CT molecular complexity index is 407. The maximum atomic E-state index is 11.2. The zero-order valence-corrected chi connectivity index (χ0v) is 10.9. The van der Waals surface area contributed by atoms with Crippen LogP contribution in [0.5, 0.6) is 0 Å². The lowest BCUT2D eigenvalue weighted by molar-refractivity contribution is -0.154. The number of carboxylic acid groups (broad SMARTS) is 1. The van der Waals surface area contributed by atoms with Gasteiger partial charge < -0.3 is 10.4 Å². The highest BCUT2D eigenvalue weighted by Crippen LogP contribution is 2.40. The minimum Gasteiger partial charge on any atom is -0.481 e. The van der Waals surface area contributed by atoms with Crippen LogP contribution < -0.4 is 5.32 Å². The molecule has 0 heterocycles. The predicted molar refractivity (Wildman–Crippen MR) is 71.7 cm³/mol. The summed E-state index contributed by atoms with van der Waals surface area (Å²) in [5, 5.41) is 12.5. The molecule has 1 aliphatic rings. The highest BCUT2D eigenvalue weighted by atomic mass is 16.4. The molecule has 0 spiro atoms. The third kappa shape index (κ3) is 2.91. The van der Waals surface area contributed by atoms with E-state index in [4.69, 9.17) is 0 Å². The van der Waals surface area contributed by atoms with Gasteiger partial charge in [0.15, 0.2) is 0 Å². The van der Waals surface area contributed by atoms with Gasteiger partial charge in [-0.15, -0.1) is 0 Å². The largest absolute Gasteiger partial charge is 0.481 e. The van der Waals surface area contributed by atoms with Crippen LogP contribution in [0.2, 0.25) is 0 Å². The van der Waals surface area contributed by atoms with Gasteiger partial charge in [0.05, 0.1) is 5.41 Å². The smallest absolute Gasteiger partial charge is 0.310 e. The number of carbonyl (C=O) groups is 1. The molecule has 1 aromatic carbocycles. The first-order valence-electron chi connectivity index (χ1n) is 6.62. The topological polar surface area (TPSA) is 49.3 Å². The number of hydrogen-bond donors (Lipinski definition) is 2. The van der Waals surface area contributed by atoms with Gasteiger partial charge in [0.25, 0.3) is 0 Å². The van der Waals surface area contributed by atoms with Crippen molar-refractivity contribution in [2.75, 3.05) is 13.1 Å². The molecule has 3 nitrogen and oxygen atoms in total. The van der Waals surface area contributed by atoms with Crippen LogP contribution in [-0.4, -0.2) is 24.2 Å². The van der Waals surface area contributed by atoms with Crippen LogP contribution in [0.4, 0.5) is 0 Å². The maximum absolute atomic E-state index is 11.2. The van der Waals surface area contributed by atoms with Crippen molar-refractivity contribution in [3.8, 4) is 0 Å². The van der Waals surface area contributed by atoms with E-state index in [9.17, 15) is 9.90 Å². The minimum atomic E-state index is -0.642. The van der Waals surface area contributed by atoms with Crippen molar-refractivity contribution in [1.29, 1.82) is 0 Å². The number of benzene rings is 1. The van der Waals surface area contributed by atoms with Crippen molar-refractivity contribution >= 4 is 5.97 Å². The van der Waals surface area contributed by atoms with E-state index in [0.717, 1.165) is 32.2 Å². The second-order valence-electron chi connectivity index (χ2n) is 5.35. The van der Waals surface area contributed by atoms with E-state index in [-0.39, 0.29) is 0 Å². The Morgan fingerprint density at radius 2 is 2.00 bits per heavy atom. The molecule has 1 aromatic rings. The Morgan fingerprint density at radius 3 is 2.50 bits per heavy atom. The molecule has 0 atom stereocenters. The third-order valence-electron chi connectivity index (χ3n) is 3.94. The number of nitrogens with one attached hydrogen (secondary N) is 1. The fraction of sp³-hybridized carbons (Fsp3) is 0.533. The first-order valence-corrected chi connectivity index (χ1v) is 6.62. The zero-order valence-electron chi connectivity index (χ0n) is 10.9. The highest BCUT2D eigenvalue weighted by molar-refractivity contribution is 5.76. The molecule has 0 saturated heterocycles. The molecule has 0 unspecified atom stereocenters. The van der Waals surface area contributed by atoms with Gasteiger partial charge in [0, 0.05) is 6.54 Å². The molecule has 0 aromatic heterocycles. The molecule has 1 saturated carbocycles. The standard InChI is InChI=1S/C15H21NO2/c1-12-3-5-13(6-4-12)7-10-16-11-15(14(17)18)8-2-9-15/h3-6,16H,2,7-11H2,1H3,(H,17,18). The Kier molecular flexibility index (Phi) is 4.02. The molecule has 0 bridgehead atoms. The van der Waals surface area contributed by atoms with E-state index in [1.165, 1.54) is 11.1 Å². The van der Waals surface area contributed by atoms with Crippen molar-refractivity contribution in [1.82, 2.24) is 5.32 Å². The predicted octanol–water partition coefficient (Wildman–Crippen LogP) is 2.38. The second-order valence-corrected chi connectivity index (χ2v) is 5.35. The van der Waals surface area contributed by atoms with Crippen LogP contribution in [0.3, 0.4) is 0 Å². The molecular weight excluding hydrogens is 226 g/mol. The molecule has 1 aliphatic carbocycles. The molecular formula is C15H21NO2. The Hall–Kier alpha value is -1.35. The summed E-state index contributed by atoms with van der Waals surface area (Å²) >= 11 is 0. The van der Waals surface area contributed by atoms with Crippen LogP contribution in [0.15, 0.2) is 24.3 Å². The minimum absolute atomic E-state index is 0.479. The molecule has 3 heteroatoms. The van der Waals surface area contributed by atoms with Crippen LogP contribution in [0.1, 0.15) is 30.4 Å². The monoisotopic (exact) mass is 247 g/mol. The van der Waals surface area contributed by atoms with E-state index < -0.39 is 11.4 Å². The fourth-order valence-corrected chi connectivity index (χ4v) is 2.38. The van der Waals surface area contributed by atoms with Crippen molar-refractivity contribution in [2.24, 2.45) is 5.41 Å². The van der Waals surface area contributed by atoms with Gasteiger partial charge in [-0.3, -0.25) is 4.79 Å². The molecule has 2 N–H and O–H groups in total. The number of carboxylic acids is 1. The normalized spacial score (nSPS) is 17.2. The zero-order chi connectivity index (χ0) is 13.0. The van der Waals surface area contributed by atoms with Crippen LogP contribution >= 0.6 is 0 Å². The lowest BCUT2D eigenvalue weighted by Gasteiger charge is -2.37. The molecule has 0 radical (unpaired) electrons. The molecule has 0 aliphatic heterocycles. The highest BCUT2D eigenvalue weighted by Gasteiger charge is 2.43. The second kappa shape index (κ2) is 5.53. The van der Waals surface area contributed by atoms with Crippen LogP contribution in [0.25, 0.3) is 0 Å². The molecule has 2 rings (SSSR count). The average Bonchev–Trinajstić information content (AvgIpc) is 2.29.